The van der Waals surface area contributed by atoms with Gasteiger partial charge >= 0.3 is 17.9 Å². The van der Waals surface area contributed by atoms with Crippen molar-refractivity contribution >= 4 is 17.9 Å². The van der Waals surface area contributed by atoms with Crippen LogP contribution in [0.15, 0.2) is 0 Å². The molecule has 0 amide bonds. The largest absolute Gasteiger partial charge is 0.480 e. The molecule has 0 aromatic heterocycles. The van der Waals surface area contributed by atoms with Crippen LogP contribution in [0.25, 0.3) is 0 Å². The van der Waals surface area contributed by atoms with Gasteiger partial charge in [0.05, 0.1) is 13.1 Å². The molecule has 0 aromatic rings. The van der Waals surface area contributed by atoms with Crippen molar-refractivity contribution in [2.45, 2.75) is 89.3 Å². The van der Waals surface area contributed by atoms with E-state index in [0.717, 1.165) is 25.7 Å². The molecular weight excluding hydrogens is 352 g/mol. The lowest BCUT2D eigenvalue weighted by atomic mass is 9.97. The molecule has 0 aromatic carbocycles. The summed E-state index contributed by atoms with van der Waals surface area (Å²) in [7, 11) is 0. The first kappa shape index (κ1) is 23.4. The zero-order valence-corrected chi connectivity index (χ0v) is 16.7. The topological polar surface area (TPSA) is 125 Å². The zero-order chi connectivity index (χ0) is 20.5. The van der Waals surface area contributed by atoms with Gasteiger partial charge in [-0.25, -0.2) is 0 Å². The second-order valence-electron chi connectivity index (χ2n) is 8.29. The first-order valence-corrected chi connectivity index (χ1v) is 9.69. The molecule has 156 valence electrons. The van der Waals surface area contributed by atoms with Gasteiger partial charge in [-0.05, 0) is 46.5 Å². The summed E-state index contributed by atoms with van der Waals surface area (Å²) in [6, 6.07) is 0.469. The summed E-state index contributed by atoms with van der Waals surface area (Å²) in [5, 5.41) is 22.8. The highest BCUT2D eigenvalue weighted by Gasteiger charge is 2.43. The van der Waals surface area contributed by atoms with Gasteiger partial charge in [0.1, 0.15) is 11.1 Å². The van der Waals surface area contributed by atoms with Crippen molar-refractivity contribution in [2.75, 3.05) is 13.1 Å². The van der Waals surface area contributed by atoms with Gasteiger partial charge in [-0.15, -0.1) is 0 Å². The van der Waals surface area contributed by atoms with Crippen LogP contribution in [0.3, 0.4) is 0 Å². The van der Waals surface area contributed by atoms with Crippen LogP contribution in [0.5, 0.6) is 0 Å². The Morgan fingerprint density at radius 3 is 1.93 bits per heavy atom. The van der Waals surface area contributed by atoms with Crippen LogP contribution < -0.4 is 10.6 Å². The Bertz CT molecular complexity index is 503. The molecule has 0 saturated heterocycles. The molecule has 0 atom stereocenters. The summed E-state index contributed by atoms with van der Waals surface area (Å²) < 4.78 is 5.36. The minimum absolute atomic E-state index is 0.116. The highest BCUT2D eigenvalue weighted by Crippen LogP contribution is 2.32. The Morgan fingerprint density at radius 2 is 1.48 bits per heavy atom. The number of carbonyl (C=O) groups is 3. The molecule has 27 heavy (non-hydrogen) atoms. The van der Waals surface area contributed by atoms with E-state index in [1.807, 2.05) is 20.8 Å². The molecule has 8 nitrogen and oxygen atoms in total. The predicted octanol–water partition coefficient (Wildman–Crippen LogP) is 1.92. The fourth-order valence-electron chi connectivity index (χ4n) is 3.41. The van der Waals surface area contributed by atoms with Crippen molar-refractivity contribution in [3.05, 3.63) is 0 Å². The van der Waals surface area contributed by atoms with Gasteiger partial charge < -0.3 is 20.3 Å². The van der Waals surface area contributed by atoms with E-state index in [-0.39, 0.29) is 19.1 Å². The Balaban J connectivity index is 0.000000309. The quantitative estimate of drug-likeness (QED) is 0.489. The average Bonchev–Trinajstić information content (AvgIpc) is 3.22. The normalized spacial score (nSPS) is 19.2. The van der Waals surface area contributed by atoms with E-state index in [4.69, 9.17) is 14.9 Å². The maximum atomic E-state index is 12.1. The predicted molar refractivity (Wildman–Crippen MR) is 101 cm³/mol. The van der Waals surface area contributed by atoms with E-state index in [9.17, 15) is 14.4 Å². The molecule has 0 unspecified atom stereocenters. The number of carboxylic acid groups (broad SMARTS) is 2. The molecule has 0 bridgehead atoms. The molecule has 0 radical (unpaired) electrons. The fourth-order valence-corrected chi connectivity index (χ4v) is 3.41. The summed E-state index contributed by atoms with van der Waals surface area (Å²) in [6.45, 7) is 5.34. The number of hydrogen-bond donors (Lipinski definition) is 4. The Hall–Kier alpha value is -1.67. The molecule has 0 heterocycles. The highest BCUT2D eigenvalue weighted by atomic mass is 16.6. The summed E-state index contributed by atoms with van der Waals surface area (Å²) >= 11 is 0. The minimum Gasteiger partial charge on any atom is -0.480 e. The second kappa shape index (κ2) is 10.6. The minimum atomic E-state index is -0.958. The van der Waals surface area contributed by atoms with E-state index >= 15 is 0 Å². The van der Waals surface area contributed by atoms with Crippen molar-refractivity contribution in [3.63, 3.8) is 0 Å². The smallest absolute Gasteiger partial charge is 0.326 e. The van der Waals surface area contributed by atoms with Crippen molar-refractivity contribution in [1.82, 2.24) is 10.6 Å². The van der Waals surface area contributed by atoms with Crippen molar-refractivity contribution in [1.29, 1.82) is 0 Å². The Kier molecular flexibility index (Phi) is 9.18. The first-order chi connectivity index (χ1) is 12.5. The molecule has 2 aliphatic rings. The third-order valence-corrected chi connectivity index (χ3v) is 4.72. The first-order valence-electron chi connectivity index (χ1n) is 9.69. The summed E-state index contributed by atoms with van der Waals surface area (Å²) in [4.78, 5) is 32.8. The van der Waals surface area contributed by atoms with E-state index < -0.39 is 23.1 Å². The van der Waals surface area contributed by atoms with Crippen molar-refractivity contribution < 1.29 is 29.3 Å². The Morgan fingerprint density at radius 1 is 0.963 bits per heavy atom. The molecule has 2 saturated carbocycles. The van der Waals surface area contributed by atoms with Crippen LogP contribution in [-0.4, -0.2) is 58.4 Å². The van der Waals surface area contributed by atoms with Crippen molar-refractivity contribution in [2.24, 2.45) is 0 Å². The van der Waals surface area contributed by atoms with E-state index in [1.54, 1.807) is 0 Å². The van der Waals surface area contributed by atoms with Crippen LogP contribution in [0.4, 0.5) is 0 Å². The lowest BCUT2D eigenvalue weighted by Gasteiger charge is -2.31. The van der Waals surface area contributed by atoms with Crippen LogP contribution in [0.2, 0.25) is 0 Å². The number of ether oxygens (including phenoxy) is 1. The summed E-state index contributed by atoms with van der Waals surface area (Å²) in [5.41, 5.74) is -1.34. The SMILES string of the molecule is CC(C)(C)OC(=O)C1(NCC(=O)O)CCCC1.O=C(O)CNC1CCCC1. The number of carboxylic acids is 2. The maximum absolute atomic E-state index is 12.1. The fraction of sp³-hybridized carbons (Fsp3) is 0.842. The van der Waals surface area contributed by atoms with E-state index in [1.165, 1.54) is 12.8 Å². The standard InChI is InChI=1S/C12H21NO4.C7H13NO2/c1-11(2,3)17-10(16)12(6-4-5-7-12)13-8-9(14)15;9-7(10)5-8-6-3-1-2-4-6/h13H,4-8H2,1-3H3,(H,14,15);6,8H,1-5H2,(H,9,10). The number of rotatable bonds is 7. The molecule has 8 heteroatoms. The number of carbonyl (C=O) groups excluding carboxylic acids is 1. The molecule has 2 rings (SSSR count). The number of esters is 1. The summed E-state index contributed by atoms with van der Waals surface area (Å²) in [5.74, 6) is -2.05. The van der Waals surface area contributed by atoms with Gasteiger partial charge in [-0.1, -0.05) is 25.7 Å². The van der Waals surface area contributed by atoms with Gasteiger partial charge in [-0.2, -0.15) is 0 Å². The van der Waals surface area contributed by atoms with Gasteiger partial charge in [0, 0.05) is 6.04 Å². The third-order valence-electron chi connectivity index (χ3n) is 4.72. The van der Waals surface area contributed by atoms with Gasteiger partial charge in [0.15, 0.2) is 0 Å². The lowest BCUT2D eigenvalue weighted by molar-refractivity contribution is -0.163. The summed E-state index contributed by atoms with van der Waals surface area (Å²) in [6.07, 6.45) is 7.93. The number of aliphatic carboxylic acids is 2. The van der Waals surface area contributed by atoms with Gasteiger partial charge in [0.25, 0.3) is 0 Å². The molecular formula is C19H34N2O6. The van der Waals surface area contributed by atoms with E-state index in [2.05, 4.69) is 10.6 Å². The number of hydrogen-bond acceptors (Lipinski definition) is 6. The molecule has 0 aliphatic heterocycles. The average molecular weight is 386 g/mol. The van der Waals surface area contributed by atoms with Gasteiger partial charge in [0.2, 0.25) is 0 Å². The molecule has 0 spiro atoms. The van der Waals surface area contributed by atoms with Crippen LogP contribution in [0.1, 0.15) is 72.1 Å². The maximum Gasteiger partial charge on any atom is 0.326 e. The molecule has 4 N–H and O–H groups in total. The van der Waals surface area contributed by atoms with E-state index in [0.29, 0.717) is 18.9 Å². The van der Waals surface area contributed by atoms with Crippen LogP contribution in [-0.2, 0) is 19.1 Å². The van der Waals surface area contributed by atoms with Gasteiger partial charge in [-0.3, -0.25) is 19.7 Å². The third kappa shape index (κ3) is 9.19. The monoisotopic (exact) mass is 386 g/mol. The highest BCUT2D eigenvalue weighted by molar-refractivity contribution is 5.82. The Labute approximate surface area is 161 Å². The van der Waals surface area contributed by atoms with Crippen molar-refractivity contribution in [3.8, 4) is 0 Å². The second-order valence-corrected chi connectivity index (χ2v) is 8.29. The molecule has 2 aliphatic carbocycles. The van der Waals surface area contributed by atoms with Crippen LogP contribution >= 0.6 is 0 Å². The lowest BCUT2D eigenvalue weighted by Crippen LogP contribution is -2.53. The van der Waals surface area contributed by atoms with Crippen LogP contribution in [0, 0.1) is 0 Å². The zero-order valence-electron chi connectivity index (χ0n) is 16.7. The number of nitrogens with one attached hydrogen (secondary N) is 2. The molecule has 2 fully saturated rings.